The molecule has 1 aliphatic carbocycles. The van der Waals surface area contributed by atoms with E-state index in [9.17, 15) is 14.0 Å². The molecule has 138 valence electrons. The zero-order chi connectivity index (χ0) is 18.7. The topological polar surface area (TPSA) is 82.5 Å². The molecule has 6 nitrogen and oxygen atoms in total. The van der Waals surface area contributed by atoms with Gasteiger partial charge in [-0.2, -0.15) is 0 Å². The Labute approximate surface area is 154 Å². The summed E-state index contributed by atoms with van der Waals surface area (Å²) in [6.45, 7) is 2.61. The van der Waals surface area contributed by atoms with Crippen molar-refractivity contribution in [2.45, 2.75) is 31.8 Å². The molecule has 8 heteroatoms. The highest BCUT2D eigenvalue weighted by Gasteiger charge is 2.35. The quantitative estimate of drug-likeness (QED) is 0.775. The minimum atomic E-state index is -0.843. The number of amides is 1. The first-order chi connectivity index (χ1) is 12.5. The summed E-state index contributed by atoms with van der Waals surface area (Å²) in [5, 5.41) is 12.3. The van der Waals surface area contributed by atoms with Crippen LogP contribution >= 0.6 is 11.3 Å². The van der Waals surface area contributed by atoms with Gasteiger partial charge >= 0.3 is 5.97 Å². The fourth-order valence-electron chi connectivity index (χ4n) is 3.07. The van der Waals surface area contributed by atoms with Crippen molar-refractivity contribution in [1.82, 2.24) is 15.2 Å². The number of nitrogens with zero attached hydrogens (tertiary/aromatic N) is 2. The van der Waals surface area contributed by atoms with E-state index in [2.05, 4.69) is 10.3 Å². The number of carbonyl (C=O) groups is 2. The number of hydrogen-bond donors (Lipinski definition) is 2. The normalized spacial score (nSPS) is 19.2. The second-order valence-electron chi connectivity index (χ2n) is 6.26. The Balaban J connectivity index is 1.56. The van der Waals surface area contributed by atoms with Crippen LogP contribution in [0.5, 0.6) is 0 Å². The fraction of sp³-hybridized carbons (Fsp3) is 0.389. The zero-order valence-corrected chi connectivity index (χ0v) is 15.1. The maximum Gasteiger partial charge on any atom is 0.317 e. The molecule has 1 saturated carbocycles. The first-order valence-electron chi connectivity index (χ1n) is 8.45. The van der Waals surface area contributed by atoms with Gasteiger partial charge in [0.25, 0.3) is 5.91 Å². The average molecular weight is 377 g/mol. The van der Waals surface area contributed by atoms with Gasteiger partial charge in [-0.05, 0) is 31.5 Å². The van der Waals surface area contributed by atoms with E-state index in [1.165, 1.54) is 12.3 Å². The van der Waals surface area contributed by atoms with Crippen molar-refractivity contribution in [2.75, 3.05) is 13.1 Å². The van der Waals surface area contributed by atoms with Crippen LogP contribution in [0.2, 0.25) is 0 Å². The van der Waals surface area contributed by atoms with E-state index in [1.54, 1.807) is 18.2 Å². The SMILES string of the molecule is CCN(CC(=O)O)C1CC(NC(=O)c2cnc(-c3ccccc3F)s2)C1. The number of nitrogens with one attached hydrogen (secondary N) is 1. The number of halogens is 1. The Hall–Kier alpha value is -2.32. The van der Waals surface area contributed by atoms with Crippen molar-refractivity contribution in [3.05, 3.63) is 41.2 Å². The Kier molecular flexibility index (Phi) is 5.63. The number of hydrogen-bond acceptors (Lipinski definition) is 5. The van der Waals surface area contributed by atoms with Crippen molar-refractivity contribution in [1.29, 1.82) is 0 Å². The Bertz CT molecular complexity index is 804. The van der Waals surface area contributed by atoms with Gasteiger partial charge in [0, 0.05) is 17.6 Å². The maximum atomic E-state index is 13.8. The molecule has 2 aromatic rings. The first-order valence-corrected chi connectivity index (χ1v) is 9.27. The molecular formula is C18H20FN3O3S. The van der Waals surface area contributed by atoms with Crippen molar-refractivity contribution >= 4 is 23.2 Å². The molecule has 1 fully saturated rings. The van der Waals surface area contributed by atoms with Crippen molar-refractivity contribution in [3.8, 4) is 10.6 Å². The van der Waals surface area contributed by atoms with Crippen LogP contribution in [0, 0.1) is 5.82 Å². The van der Waals surface area contributed by atoms with Gasteiger partial charge in [0.2, 0.25) is 0 Å². The predicted molar refractivity (Wildman–Crippen MR) is 96.7 cm³/mol. The van der Waals surface area contributed by atoms with Crippen LogP contribution in [0.3, 0.4) is 0 Å². The highest BCUT2D eigenvalue weighted by Crippen LogP contribution is 2.29. The van der Waals surface area contributed by atoms with E-state index in [-0.39, 0.29) is 30.4 Å². The molecule has 26 heavy (non-hydrogen) atoms. The summed E-state index contributed by atoms with van der Waals surface area (Å²) in [6.07, 6.45) is 2.92. The van der Waals surface area contributed by atoms with Gasteiger partial charge in [0.05, 0.1) is 12.7 Å². The van der Waals surface area contributed by atoms with Gasteiger partial charge in [-0.15, -0.1) is 11.3 Å². The molecule has 0 spiro atoms. The largest absolute Gasteiger partial charge is 0.480 e. The highest BCUT2D eigenvalue weighted by atomic mass is 32.1. The van der Waals surface area contributed by atoms with Gasteiger partial charge in [0.15, 0.2) is 0 Å². The summed E-state index contributed by atoms with van der Waals surface area (Å²) < 4.78 is 13.8. The molecule has 0 radical (unpaired) electrons. The maximum absolute atomic E-state index is 13.8. The van der Waals surface area contributed by atoms with E-state index in [0.29, 0.717) is 22.0 Å². The van der Waals surface area contributed by atoms with Crippen LogP contribution in [-0.2, 0) is 4.79 Å². The summed E-state index contributed by atoms with van der Waals surface area (Å²) in [7, 11) is 0. The number of aromatic nitrogens is 1. The molecule has 1 aliphatic rings. The first kappa shape index (κ1) is 18.5. The number of likely N-dealkylation sites (N-methyl/N-ethyl adjacent to an activating group) is 1. The van der Waals surface area contributed by atoms with E-state index in [4.69, 9.17) is 5.11 Å². The van der Waals surface area contributed by atoms with Gasteiger partial charge < -0.3 is 10.4 Å². The summed E-state index contributed by atoms with van der Waals surface area (Å²) >= 11 is 1.15. The molecule has 1 aromatic heterocycles. The number of rotatable bonds is 7. The molecule has 3 rings (SSSR count). The molecule has 0 unspecified atom stereocenters. The van der Waals surface area contributed by atoms with Crippen molar-refractivity contribution in [3.63, 3.8) is 0 Å². The van der Waals surface area contributed by atoms with E-state index in [1.807, 2.05) is 11.8 Å². The van der Waals surface area contributed by atoms with Crippen LogP contribution in [0.4, 0.5) is 4.39 Å². The third-order valence-corrected chi connectivity index (χ3v) is 5.57. The third kappa shape index (κ3) is 4.08. The lowest BCUT2D eigenvalue weighted by atomic mass is 9.85. The average Bonchev–Trinajstić information content (AvgIpc) is 3.06. The van der Waals surface area contributed by atoms with E-state index < -0.39 is 5.97 Å². The molecule has 1 aromatic carbocycles. The van der Waals surface area contributed by atoms with Gasteiger partial charge in [-0.1, -0.05) is 19.1 Å². The molecule has 2 N–H and O–H groups in total. The molecule has 1 amide bonds. The molecule has 0 aliphatic heterocycles. The number of carboxylic acids is 1. The number of carboxylic acid groups (broad SMARTS) is 1. The monoisotopic (exact) mass is 377 g/mol. The molecule has 0 saturated heterocycles. The standard InChI is InChI=1S/C18H20FN3O3S/c1-2-22(10-16(23)24)12-7-11(8-12)21-17(25)15-9-20-18(26-15)13-5-3-4-6-14(13)19/h3-6,9,11-12H,2,7-8,10H2,1H3,(H,21,25)(H,23,24). The number of aliphatic carboxylic acids is 1. The summed E-state index contributed by atoms with van der Waals surface area (Å²) in [5.41, 5.74) is 0.382. The minimum Gasteiger partial charge on any atom is -0.480 e. The van der Waals surface area contributed by atoms with Crippen LogP contribution in [-0.4, -0.2) is 52.0 Å². The minimum absolute atomic E-state index is 0.0165. The molecular weight excluding hydrogens is 357 g/mol. The summed E-state index contributed by atoms with van der Waals surface area (Å²) in [5.74, 6) is -1.44. The summed E-state index contributed by atoms with van der Waals surface area (Å²) in [4.78, 5) is 29.7. The van der Waals surface area contributed by atoms with Crippen molar-refractivity contribution < 1.29 is 19.1 Å². The lowest BCUT2D eigenvalue weighted by molar-refractivity contribution is -0.139. The summed E-state index contributed by atoms with van der Waals surface area (Å²) in [6, 6.07) is 6.53. The van der Waals surface area contributed by atoms with Crippen LogP contribution < -0.4 is 5.32 Å². The number of carbonyl (C=O) groups excluding carboxylic acids is 1. The molecule has 1 heterocycles. The van der Waals surface area contributed by atoms with Gasteiger partial charge in [-0.3, -0.25) is 14.5 Å². The second kappa shape index (κ2) is 7.92. The lowest BCUT2D eigenvalue weighted by Gasteiger charge is -2.42. The van der Waals surface area contributed by atoms with Gasteiger partial charge in [-0.25, -0.2) is 9.37 Å². The Morgan fingerprint density at radius 1 is 1.38 bits per heavy atom. The smallest absolute Gasteiger partial charge is 0.317 e. The van der Waals surface area contributed by atoms with E-state index >= 15 is 0 Å². The van der Waals surface area contributed by atoms with Gasteiger partial charge in [0.1, 0.15) is 15.7 Å². The molecule has 0 atom stereocenters. The number of benzene rings is 1. The van der Waals surface area contributed by atoms with Crippen molar-refractivity contribution in [2.24, 2.45) is 0 Å². The Morgan fingerprint density at radius 2 is 2.12 bits per heavy atom. The molecule has 0 bridgehead atoms. The van der Waals surface area contributed by atoms with Crippen LogP contribution in [0.1, 0.15) is 29.4 Å². The third-order valence-electron chi connectivity index (χ3n) is 4.54. The fourth-order valence-corrected chi connectivity index (χ4v) is 3.92. The lowest BCUT2D eigenvalue weighted by Crippen LogP contribution is -2.54. The highest BCUT2D eigenvalue weighted by molar-refractivity contribution is 7.16. The van der Waals surface area contributed by atoms with E-state index in [0.717, 1.165) is 24.2 Å². The Morgan fingerprint density at radius 3 is 2.77 bits per heavy atom. The second-order valence-corrected chi connectivity index (χ2v) is 7.29. The number of thiazole rings is 1. The predicted octanol–water partition coefficient (Wildman–Crippen LogP) is 2.62. The van der Waals surface area contributed by atoms with Crippen LogP contribution in [0.25, 0.3) is 10.6 Å². The van der Waals surface area contributed by atoms with Crippen LogP contribution in [0.15, 0.2) is 30.5 Å². The zero-order valence-electron chi connectivity index (χ0n) is 14.3.